The lowest BCUT2D eigenvalue weighted by atomic mass is 9.84. The van der Waals surface area contributed by atoms with Crippen LogP contribution in [0.15, 0.2) is 38.4 Å². The molecule has 1 aromatic heterocycles. The van der Waals surface area contributed by atoms with Gasteiger partial charge in [0.05, 0.1) is 10.8 Å². The molecule has 4 rings (SSSR count). The van der Waals surface area contributed by atoms with Crippen molar-refractivity contribution in [1.29, 1.82) is 0 Å². The maximum atomic E-state index is 12.6. The lowest BCUT2D eigenvalue weighted by molar-refractivity contribution is -0.121. The SMILES string of the molecule is C[C@H](Sc1nnc(-c2ccccc2Br)o1)C(=O)N[C@@H](C)[C@H]1C[C@H]2CC[C@H]1C2. The fourth-order valence-electron chi connectivity index (χ4n) is 4.56. The van der Waals surface area contributed by atoms with E-state index in [1.807, 2.05) is 31.2 Å². The van der Waals surface area contributed by atoms with Crippen LogP contribution in [0.2, 0.25) is 0 Å². The second-order valence-electron chi connectivity index (χ2n) is 7.75. The van der Waals surface area contributed by atoms with E-state index in [2.05, 4.69) is 38.4 Å². The third kappa shape index (κ3) is 4.09. The Bertz CT molecular complexity index is 827. The van der Waals surface area contributed by atoms with Crippen molar-refractivity contribution in [3.05, 3.63) is 28.7 Å². The molecule has 2 bridgehead atoms. The molecule has 5 atom stereocenters. The molecule has 1 heterocycles. The Morgan fingerprint density at radius 1 is 1.26 bits per heavy atom. The number of nitrogens with zero attached hydrogens (tertiary/aromatic N) is 2. The van der Waals surface area contributed by atoms with Crippen molar-refractivity contribution in [2.75, 3.05) is 0 Å². The van der Waals surface area contributed by atoms with Crippen LogP contribution in [0.3, 0.4) is 0 Å². The van der Waals surface area contributed by atoms with Gasteiger partial charge < -0.3 is 9.73 Å². The summed E-state index contributed by atoms with van der Waals surface area (Å²) in [6, 6.07) is 7.93. The van der Waals surface area contributed by atoms with Gasteiger partial charge >= 0.3 is 0 Å². The maximum absolute atomic E-state index is 12.6. The molecule has 2 saturated carbocycles. The lowest BCUT2D eigenvalue weighted by Crippen LogP contribution is -2.43. The van der Waals surface area contributed by atoms with E-state index in [0.717, 1.165) is 21.9 Å². The number of carbonyl (C=O) groups excluding carboxylic acids is 1. The number of nitrogens with one attached hydrogen (secondary N) is 1. The molecular formula is C20H24BrN3O2S. The second kappa shape index (κ2) is 7.95. The molecule has 5 nitrogen and oxygen atoms in total. The standard InChI is InChI=1S/C20H24BrN3O2S/c1-11(16-10-13-7-8-14(16)9-13)22-18(25)12(2)27-20-24-23-19(26-20)15-5-3-4-6-17(15)21/h3-6,11-14,16H,7-10H2,1-2H3,(H,22,25)/t11-,12-,13-,14-,16+/m0/s1. The minimum absolute atomic E-state index is 0.0379. The van der Waals surface area contributed by atoms with Gasteiger partial charge in [0.2, 0.25) is 11.8 Å². The summed E-state index contributed by atoms with van der Waals surface area (Å²) in [6.07, 6.45) is 5.34. The summed E-state index contributed by atoms with van der Waals surface area (Å²) in [5.41, 5.74) is 0.846. The molecule has 2 aliphatic rings. The first-order valence-electron chi connectivity index (χ1n) is 9.56. The summed E-state index contributed by atoms with van der Waals surface area (Å²) in [7, 11) is 0. The predicted octanol–water partition coefficient (Wildman–Crippen LogP) is 4.92. The molecule has 0 saturated heterocycles. The highest BCUT2D eigenvalue weighted by Crippen LogP contribution is 2.49. The molecule has 1 aromatic carbocycles. The number of fused-ring (bicyclic) bond motifs is 2. The molecule has 7 heteroatoms. The third-order valence-electron chi connectivity index (χ3n) is 5.96. The van der Waals surface area contributed by atoms with Crippen molar-refractivity contribution in [3.8, 4) is 11.5 Å². The highest BCUT2D eigenvalue weighted by Gasteiger charge is 2.42. The molecule has 2 aliphatic carbocycles. The number of hydrogen-bond acceptors (Lipinski definition) is 5. The molecule has 1 amide bonds. The fourth-order valence-corrected chi connectivity index (χ4v) is 5.71. The van der Waals surface area contributed by atoms with Crippen LogP contribution in [-0.4, -0.2) is 27.4 Å². The van der Waals surface area contributed by atoms with Gasteiger partial charge in [0, 0.05) is 10.5 Å². The van der Waals surface area contributed by atoms with Gasteiger partial charge in [-0.2, -0.15) is 0 Å². The quantitative estimate of drug-likeness (QED) is 0.633. The van der Waals surface area contributed by atoms with Gasteiger partial charge in [-0.05, 0) is 78.9 Å². The average Bonchev–Trinajstić information content (AvgIpc) is 3.38. The van der Waals surface area contributed by atoms with Crippen molar-refractivity contribution in [2.45, 2.75) is 56.0 Å². The number of hydrogen-bond donors (Lipinski definition) is 1. The van der Waals surface area contributed by atoms with Crippen LogP contribution in [0.1, 0.15) is 39.5 Å². The summed E-state index contributed by atoms with van der Waals surface area (Å²) in [4.78, 5) is 12.6. The Morgan fingerprint density at radius 3 is 2.78 bits per heavy atom. The predicted molar refractivity (Wildman–Crippen MR) is 109 cm³/mol. The maximum Gasteiger partial charge on any atom is 0.277 e. The third-order valence-corrected chi connectivity index (χ3v) is 7.59. The highest BCUT2D eigenvalue weighted by molar-refractivity contribution is 9.10. The van der Waals surface area contributed by atoms with Gasteiger partial charge in [0.25, 0.3) is 5.22 Å². The minimum Gasteiger partial charge on any atom is -0.411 e. The smallest absolute Gasteiger partial charge is 0.277 e. The Morgan fingerprint density at radius 2 is 2.07 bits per heavy atom. The van der Waals surface area contributed by atoms with E-state index in [1.165, 1.54) is 37.4 Å². The Kier molecular flexibility index (Phi) is 5.60. The summed E-state index contributed by atoms with van der Waals surface area (Å²) >= 11 is 4.80. The van der Waals surface area contributed by atoms with Gasteiger partial charge in [-0.25, -0.2) is 0 Å². The van der Waals surface area contributed by atoms with Crippen LogP contribution >= 0.6 is 27.7 Å². The second-order valence-corrected chi connectivity index (χ2v) is 9.90. The van der Waals surface area contributed by atoms with Crippen LogP contribution < -0.4 is 5.32 Å². The number of benzene rings is 1. The van der Waals surface area contributed by atoms with E-state index >= 15 is 0 Å². The molecule has 1 N–H and O–H groups in total. The van der Waals surface area contributed by atoms with Gasteiger partial charge in [-0.1, -0.05) is 30.3 Å². The highest BCUT2D eigenvalue weighted by atomic mass is 79.9. The van der Waals surface area contributed by atoms with Crippen molar-refractivity contribution in [2.24, 2.45) is 17.8 Å². The Balaban J connectivity index is 1.34. The van der Waals surface area contributed by atoms with E-state index < -0.39 is 0 Å². The van der Waals surface area contributed by atoms with Crippen molar-refractivity contribution in [1.82, 2.24) is 15.5 Å². The minimum atomic E-state index is -0.279. The van der Waals surface area contributed by atoms with E-state index in [9.17, 15) is 4.79 Å². The summed E-state index contributed by atoms with van der Waals surface area (Å²) in [5, 5.41) is 11.6. The number of thioether (sulfide) groups is 1. The van der Waals surface area contributed by atoms with E-state index in [-0.39, 0.29) is 17.2 Å². The molecule has 27 heavy (non-hydrogen) atoms. The molecule has 0 radical (unpaired) electrons. The Hall–Kier alpha value is -1.34. The first kappa shape index (κ1) is 19.0. The van der Waals surface area contributed by atoms with Gasteiger partial charge in [0.15, 0.2) is 0 Å². The van der Waals surface area contributed by atoms with Crippen LogP contribution in [0.5, 0.6) is 0 Å². The molecule has 2 fully saturated rings. The number of halogens is 1. The summed E-state index contributed by atoms with van der Waals surface area (Å²) < 4.78 is 6.65. The van der Waals surface area contributed by atoms with Crippen molar-refractivity contribution < 1.29 is 9.21 Å². The van der Waals surface area contributed by atoms with Crippen LogP contribution in [-0.2, 0) is 4.79 Å². The molecule has 0 unspecified atom stereocenters. The molecular weight excluding hydrogens is 426 g/mol. The summed E-state index contributed by atoms with van der Waals surface area (Å²) in [5.74, 6) is 2.82. The number of aromatic nitrogens is 2. The Labute approximate surface area is 172 Å². The summed E-state index contributed by atoms with van der Waals surface area (Å²) in [6.45, 7) is 4.04. The van der Waals surface area contributed by atoms with Gasteiger partial charge in [-0.15, -0.1) is 10.2 Å². The van der Waals surface area contributed by atoms with E-state index in [4.69, 9.17) is 4.42 Å². The molecule has 0 aliphatic heterocycles. The monoisotopic (exact) mass is 449 g/mol. The van der Waals surface area contributed by atoms with E-state index in [0.29, 0.717) is 17.0 Å². The van der Waals surface area contributed by atoms with Crippen LogP contribution in [0.4, 0.5) is 0 Å². The van der Waals surface area contributed by atoms with Crippen molar-refractivity contribution >= 4 is 33.6 Å². The first-order valence-corrected chi connectivity index (χ1v) is 11.2. The largest absolute Gasteiger partial charge is 0.411 e. The number of carbonyl (C=O) groups is 1. The van der Waals surface area contributed by atoms with Gasteiger partial charge in [0.1, 0.15) is 0 Å². The van der Waals surface area contributed by atoms with Crippen LogP contribution in [0.25, 0.3) is 11.5 Å². The average molecular weight is 450 g/mol. The first-order chi connectivity index (χ1) is 13.0. The molecule has 144 valence electrons. The zero-order valence-corrected chi connectivity index (χ0v) is 17.9. The van der Waals surface area contributed by atoms with Crippen molar-refractivity contribution in [3.63, 3.8) is 0 Å². The van der Waals surface area contributed by atoms with Gasteiger partial charge in [-0.3, -0.25) is 4.79 Å². The zero-order valence-electron chi connectivity index (χ0n) is 15.5. The normalized spacial score (nSPS) is 26.1. The number of rotatable bonds is 6. The fraction of sp³-hybridized carbons (Fsp3) is 0.550. The molecule has 0 spiro atoms. The number of amides is 1. The molecule has 2 aromatic rings. The van der Waals surface area contributed by atoms with E-state index in [1.54, 1.807) is 0 Å². The van der Waals surface area contributed by atoms with Crippen LogP contribution in [0, 0.1) is 17.8 Å². The lowest BCUT2D eigenvalue weighted by Gasteiger charge is -2.29. The topological polar surface area (TPSA) is 68.0 Å². The zero-order chi connectivity index (χ0) is 19.0.